The van der Waals surface area contributed by atoms with E-state index in [-0.39, 0.29) is 5.82 Å². The fourth-order valence-corrected chi connectivity index (χ4v) is 2.68. The third-order valence-corrected chi connectivity index (χ3v) is 4.17. The summed E-state index contributed by atoms with van der Waals surface area (Å²) < 4.78 is 14.9. The number of nitrogens with two attached hydrogens (primary N) is 1. The van der Waals surface area contributed by atoms with Crippen LogP contribution >= 0.6 is 11.8 Å². The molecule has 0 unspecified atom stereocenters. The first-order valence-electron chi connectivity index (χ1n) is 6.90. The van der Waals surface area contributed by atoms with Crippen LogP contribution in [0.15, 0.2) is 59.5 Å². The molecule has 0 spiro atoms. The monoisotopic (exact) mass is 313 g/mol. The van der Waals surface area contributed by atoms with Crippen LogP contribution in [-0.4, -0.2) is 16.0 Å². The van der Waals surface area contributed by atoms with Crippen molar-refractivity contribution in [1.29, 1.82) is 0 Å². The van der Waals surface area contributed by atoms with Gasteiger partial charge in [-0.1, -0.05) is 12.1 Å². The Morgan fingerprint density at radius 3 is 2.36 bits per heavy atom. The van der Waals surface area contributed by atoms with E-state index in [1.54, 1.807) is 28.6 Å². The minimum absolute atomic E-state index is 0.263. The second-order valence-electron chi connectivity index (χ2n) is 4.84. The van der Waals surface area contributed by atoms with E-state index in [1.165, 1.54) is 17.0 Å². The van der Waals surface area contributed by atoms with Crippen molar-refractivity contribution in [3.8, 4) is 16.9 Å². The number of hydrogen-bond donors (Lipinski definition) is 1. The first kappa shape index (κ1) is 14.8. The molecule has 3 aromatic rings. The summed E-state index contributed by atoms with van der Waals surface area (Å²) in [5, 5.41) is 4.51. The third kappa shape index (κ3) is 2.91. The van der Waals surface area contributed by atoms with Gasteiger partial charge in [-0.2, -0.15) is 5.10 Å². The largest absolute Gasteiger partial charge is 0.325 e. The van der Waals surface area contributed by atoms with Crippen molar-refractivity contribution in [2.75, 3.05) is 6.26 Å². The van der Waals surface area contributed by atoms with E-state index in [0.29, 0.717) is 6.54 Å². The van der Waals surface area contributed by atoms with Gasteiger partial charge < -0.3 is 5.73 Å². The molecule has 0 fully saturated rings. The van der Waals surface area contributed by atoms with Crippen LogP contribution in [-0.2, 0) is 6.54 Å². The van der Waals surface area contributed by atoms with E-state index in [2.05, 4.69) is 29.4 Å². The van der Waals surface area contributed by atoms with Crippen molar-refractivity contribution in [2.45, 2.75) is 11.4 Å². The van der Waals surface area contributed by atoms with Gasteiger partial charge >= 0.3 is 0 Å². The smallest absolute Gasteiger partial charge is 0.123 e. The average molecular weight is 313 g/mol. The lowest BCUT2D eigenvalue weighted by Crippen LogP contribution is -2.02. The predicted octanol–water partition coefficient (Wildman–Crippen LogP) is 3.86. The van der Waals surface area contributed by atoms with Crippen molar-refractivity contribution >= 4 is 11.8 Å². The number of nitrogens with zero attached hydrogens (tertiary/aromatic N) is 2. The zero-order valence-corrected chi connectivity index (χ0v) is 13.0. The molecule has 0 bridgehead atoms. The molecule has 0 amide bonds. The molecular formula is C17H16FN3S. The normalized spacial score (nSPS) is 10.9. The topological polar surface area (TPSA) is 43.8 Å². The van der Waals surface area contributed by atoms with Crippen LogP contribution in [0.5, 0.6) is 0 Å². The van der Waals surface area contributed by atoms with Gasteiger partial charge in [0.05, 0.1) is 17.1 Å². The minimum atomic E-state index is -0.263. The Labute approximate surface area is 133 Å². The second kappa shape index (κ2) is 6.34. The van der Waals surface area contributed by atoms with E-state index >= 15 is 0 Å². The van der Waals surface area contributed by atoms with Gasteiger partial charge in [-0.3, -0.25) is 0 Å². The molecule has 22 heavy (non-hydrogen) atoms. The molecule has 1 heterocycles. The van der Waals surface area contributed by atoms with Crippen LogP contribution in [0.2, 0.25) is 0 Å². The first-order chi connectivity index (χ1) is 10.7. The van der Waals surface area contributed by atoms with Crippen LogP contribution in [0.4, 0.5) is 4.39 Å². The molecule has 3 rings (SSSR count). The van der Waals surface area contributed by atoms with Gasteiger partial charge in [0.25, 0.3) is 0 Å². The van der Waals surface area contributed by atoms with Gasteiger partial charge in [0.2, 0.25) is 0 Å². The van der Waals surface area contributed by atoms with Crippen LogP contribution in [0, 0.1) is 5.82 Å². The molecule has 0 radical (unpaired) electrons. The number of halogens is 1. The van der Waals surface area contributed by atoms with E-state index < -0.39 is 0 Å². The van der Waals surface area contributed by atoms with Crippen LogP contribution in [0.1, 0.15) is 5.69 Å². The summed E-state index contributed by atoms with van der Waals surface area (Å²) in [4.78, 5) is 1.20. The summed E-state index contributed by atoms with van der Waals surface area (Å²) in [5.41, 5.74) is 9.32. The van der Waals surface area contributed by atoms with Gasteiger partial charge in [-0.25, -0.2) is 9.07 Å². The van der Waals surface area contributed by atoms with Crippen molar-refractivity contribution in [2.24, 2.45) is 5.73 Å². The van der Waals surface area contributed by atoms with Gasteiger partial charge in [0.1, 0.15) is 5.82 Å². The maximum Gasteiger partial charge on any atom is 0.123 e. The molecule has 2 aromatic carbocycles. The van der Waals surface area contributed by atoms with Gasteiger partial charge in [-0.15, -0.1) is 11.8 Å². The number of aromatic nitrogens is 2. The van der Waals surface area contributed by atoms with Crippen LogP contribution in [0.25, 0.3) is 16.9 Å². The number of rotatable bonds is 4. The Balaban J connectivity index is 2.09. The predicted molar refractivity (Wildman–Crippen MR) is 88.6 cm³/mol. The van der Waals surface area contributed by atoms with Crippen molar-refractivity contribution in [3.63, 3.8) is 0 Å². The van der Waals surface area contributed by atoms with Crippen LogP contribution in [0.3, 0.4) is 0 Å². The molecule has 2 N–H and O–H groups in total. The van der Waals surface area contributed by atoms with Crippen molar-refractivity contribution in [3.05, 3.63) is 66.1 Å². The summed E-state index contributed by atoms with van der Waals surface area (Å²) >= 11 is 1.70. The fourth-order valence-electron chi connectivity index (χ4n) is 2.28. The maximum atomic E-state index is 13.1. The summed E-state index contributed by atoms with van der Waals surface area (Å²) in [7, 11) is 0. The number of thioether (sulfide) groups is 1. The zero-order valence-electron chi connectivity index (χ0n) is 12.2. The summed E-state index contributed by atoms with van der Waals surface area (Å²) in [6.07, 6.45) is 2.05. The Hall–Kier alpha value is -2.11. The Morgan fingerprint density at radius 2 is 1.77 bits per heavy atom. The van der Waals surface area contributed by atoms with Gasteiger partial charge in [0, 0.05) is 17.0 Å². The Kier molecular flexibility index (Phi) is 4.27. The Morgan fingerprint density at radius 1 is 1.09 bits per heavy atom. The molecule has 0 aliphatic rings. The SMILES string of the molecule is CSc1ccc(-c2cc(CN)nn2-c2ccc(F)cc2)cc1. The van der Waals surface area contributed by atoms with E-state index in [0.717, 1.165) is 22.6 Å². The standard InChI is InChI=1S/C17H16FN3S/c1-22-16-8-2-12(3-9-16)17-10-14(11-19)20-21(17)15-6-4-13(18)5-7-15/h2-10H,11,19H2,1H3. The molecular weight excluding hydrogens is 297 g/mol. The highest BCUT2D eigenvalue weighted by Crippen LogP contribution is 2.26. The quantitative estimate of drug-likeness (QED) is 0.744. The summed E-state index contributed by atoms with van der Waals surface area (Å²) in [5.74, 6) is -0.263. The summed E-state index contributed by atoms with van der Waals surface area (Å²) in [6, 6.07) is 16.5. The van der Waals surface area contributed by atoms with Crippen molar-refractivity contribution in [1.82, 2.24) is 9.78 Å². The van der Waals surface area contributed by atoms with Crippen LogP contribution < -0.4 is 5.73 Å². The molecule has 3 nitrogen and oxygen atoms in total. The van der Waals surface area contributed by atoms with Gasteiger partial charge in [-0.05, 0) is 48.7 Å². The maximum absolute atomic E-state index is 13.1. The highest BCUT2D eigenvalue weighted by atomic mass is 32.2. The molecule has 112 valence electrons. The lowest BCUT2D eigenvalue weighted by molar-refractivity contribution is 0.627. The van der Waals surface area contributed by atoms with Gasteiger partial charge in [0.15, 0.2) is 0 Å². The third-order valence-electron chi connectivity index (χ3n) is 3.43. The molecule has 1 aromatic heterocycles. The zero-order chi connectivity index (χ0) is 15.5. The minimum Gasteiger partial charge on any atom is -0.325 e. The highest BCUT2D eigenvalue weighted by molar-refractivity contribution is 7.98. The molecule has 0 aliphatic heterocycles. The lowest BCUT2D eigenvalue weighted by atomic mass is 10.1. The lowest BCUT2D eigenvalue weighted by Gasteiger charge is -2.08. The van der Waals surface area contributed by atoms with E-state index in [1.807, 2.05) is 12.3 Å². The molecule has 0 saturated heterocycles. The highest BCUT2D eigenvalue weighted by Gasteiger charge is 2.11. The van der Waals surface area contributed by atoms with E-state index in [4.69, 9.17) is 5.73 Å². The average Bonchev–Trinajstić information content (AvgIpc) is 3.00. The number of hydrogen-bond acceptors (Lipinski definition) is 3. The van der Waals surface area contributed by atoms with E-state index in [9.17, 15) is 4.39 Å². The molecule has 0 atom stereocenters. The fraction of sp³-hybridized carbons (Fsp3) is 0.118. The van der Waals surface area contributed by atoms with Crippen molar-refractivity contribution < 1.29 is 4.39 Å². The Bertz CT molecular complexity index is 764. The molecule has 0 saturated carbocycles. The first-order valence-corrected chi connectivity index (χ1v) is 8.13. The summed E-state index contributed by atoms with van der Waals surface area (Å²) in [6.45, 7) is 0.365. The molecule has 0 aliphatic carbocycles. The molecule has 5 heteroatoms. The second-order valence-corrected chi connectivity index (χ2v) is 5.72. The number of benzene rings is 2.